The van der Waals surface area contributed by atoms with Crippen molar-refractivity contribution >= 4 is 88.0 Å². The minimum absolute atomic E-state index is 1.16. The second-order valence-electron chi connectivity index (χ2n) is 13.3. The van der Waals surface area contributed by atoms with Crippen LogP contribution in [0.15, 0.2) is 174 Å². The zero-order valence-corrected chi connectivity index (χ0v) is 27.7. The van der Waals surface area contributed by atoms with Gasteiger partial charge in [0.2, 0.25) is 0 Å². The van der Waals surface area contributed by atoms with Crippen molar-refractivity contribution in [3.8, 4) is 17.1 Å². The smallest absolute Gasteiger partial charge is 0.131 e. The summed E-state index contributed by atoms with van der Waals surface area (Å²) in [7, 11) is 0. The molecule has 0 amide bonds. The third kappa shape index (κ3) is 3.36. The van der Waals surface area contributed by atoms with E-state index in [4.69, 9.17) is 0 Å². The Balaban J connectivity index is 1.25. The molecule has 8 aromatic carbocycles. The molecule has 0 radical (unpaired) electrons. The second-order valence-corrected chi connectivity index (χ2v) is 14.4. The van der Waals surface area contributed by atoms with E-state index in [0.717, 1.165) is 11.4 Å². The monoisotopic (exact) mass is 653 g/mol. The van der Waals surface area contributed by atoms with E-state index in [1.54, 1.807) is 0 Å². The van der Waals surface area contributed by atoms with Crippen molar-refractivity contribution in [2.45, 2.75) is 9.79 Å². The molecule has 0 atom stereocenters. The lowest BCUT2D eigenvalue weighted by atomic mass is 10.0. The van der Waals surface area contributed by atoms with Crippen molar-refractivity contribution in [3.63, 3.8) is 0 Å². The molecule has 0 spiro atoms. The molecule has 0 saturated heterocycles. The molecule has 0 saturated carbocycles. The van der Waals surface area contributed by atoms with E-state index in [0.29, 0.717) is 0 Å². The van der Waals surface area contributed by atoms with Crippen molar-refractivity contribution < 1.29 is 0 Å². The first kappa shape index (κ1) is 26.7. The van der Waals surface area contributed by atoms with Crippen molar-refractivity contribution in [2.24, 2.45) is 0 Å². The first-order valence-electron chi connectivity index (χ1n) is 17.1. The molecule has 4 heteroatoms. The largest absolute Gasteiger partial charge is 0.309 e. The zero-order chi connectivity index (χ0) is 32.5. The molecule has 4 heterocycles. The average molecular weight is 654 g/mol. The number of benzene rings is 8. The number of nitrogens with zero attached hydrogens (tertiary/aromatic N) is 3. The van der Waals surface area contributed by atoms with Crippen LogP contribution in [-0.4, -0.2) is 13.7 Å². The molecular weight excluding hydrogens is 627 g/mol. The van der Waals surface area contributed by atoms with E-state index in [2.05, 4.69) is 177 Å². The van der Waals surface area contributed by atoms with E-state index < -0.39 is 0 Å². The number of aromatic nitrogens is 3. The predicted molar refractivity (Wildman–Crippen MR) is 211 cm³/mol. The van der Waals surface area contributed by atoms with Crippen LogP contribution in [0.2, 0.25) is 0 Å². The zero-order valence-electron chi connectivity index (χ0n) is 26.8. The molecule has 1 aliphatic rings. The summed E-state index contributed by atoms with van der Waals surface area (Å²) in [5.41, 5.74) is 9.71. The molecule has 12 rings (SSSR count). The van der Waals surface area contributed by atoms with Crippen LogP contribution in [0.5, 0.6) is 0 Å². The van der Waals surface area contributed by atoms with Crippen LogP contribution >= 0.6 is 11.8 Å². The van der Waals surface area contributed by atoms with Gasteiger partial charge in [0.15, 0.2) is 0 Å². The molecular formula is C46H27N3S. The van der Waals surface area contributed by atoms with Gasteiger partial charge in [0.05, 0.1) is 27.8 Å². The molecule has 3 aromatic heterocycles. The molecule has 0 bridgehead atoms. The van der Waals surface area contributed by atoms with Gasteiger partial charge < -0.3 is 4.57 Å². The average Bonchev–Trinajstić information content (AvgIpc) is 3.82. The molecule has 50 heavy (non-hydrogen) atoms. The number of para-hydroxylation sites is 3. The maximum Gasteiger partial charge on any atom is 0.131 e. The fraction of sp³-hybridized carbons (Fsp3) is 0. The molecule has 232 valence electrons. The summed E-state index contributed by atoms with van der Waals surface area (Å²) in [6.45, 7) is 0. The first-order chi connectivity index (χ1) is 24.8. The third-order valence-electron chi connectivity index (χ3n) is 10.8. The number of hydrogen-bond acceptors (Lipinski definition) is 1. The van der Waals surface area contributed by atoms with Gasteiger partial charge in [0.25, 0.3) is 0 Å². The topological polar surface area (TPSA) is 14.8 Å². The van der Waals surface area contributed by atoms with Gasteiger partial charge in [0.1, 0.15) is 5.65 Å². The molecule has 0 unspecified atom stereocenters. The van der Waals surface area contributed by atoms with Crippen LogP contribution < -0.4 is 0 Å². The molecule has 0 aliphatic carbocycles. The van der Waals surface area contributed by atoms with Crippen molar-refractivity contribution in [1.82, 2.24) is 13.7 Å². The highest BCUT2D eigenvalue weighted by molar-refractivity contribution is 7.99. The highest BCUT2D eigenvalue weighted by Gasteiger charge is 2.28. The summed E-state index contributed by atoms with van der Waals surface area (Å²) in [4.78, 5) is 2.55. The Morgan fingerprint density at radius 1 is 0.360 bits per heavy atom. The van der Waals surface area contributed by atoms with E-state index in [1.807, 2.05) is 11.8 Å². The van der Waals surface area contributed by atoms with Gasteiger partial charge in [-0.25, -0.2) is 0 Å². The second kappa shape index (κ2) is 9.69. The Hall–Kier alpha value is -6.23. The fourth-order valence-corrected chi connectivity index (χ4v) is 9.83. The van der Waals surface area contributed by atoms with Crippen LogP contribution in [0.25, 0.3) is 93.3 Å². The van der Waals surface area contributed by atoms with Crippen molar-refractivity contribution in [1.29, 1.82) is 0 Å². The quantitative estimate of drug-likeness (QED) is 0.181. The summed E-state index contributed by atoms with van der Waals surface area (Å²) < 4.78 is 7.51. The highest BCUT2D eigenvalue weighted by Crippen LogP contribution is 2.50. The van der Waals surface area contributed by atoms with E-state index in [9.17, 15) is 0 Å². The standard InChI is InChI=1S/C46H27N3S/c1-2-13-30(14-3-1)48-37-19-9-8-17-34(37)43-35-18-10-20-41-45(35)49(46(43)48)39-27-31(23-26-40(39)50-41)47-38-25-22-28-11-4-6-15-32(28)42(38)36-24-21-29-12-5-7-16-33(29)44(36)47/h1-27H. The maximum absolute atomic E-state index is 2.55. The van der Waals surface area contributed by atoms with Crippen molar-refractivity contribution in [2.75, 3.05) is 0 Å². The van der Waals surface area contributed by atoms with Crippen LogP contribution in [-0.2, 0) is 0 Å². The highest BCUT2D eigenvalue weighted by atomic mass is 32.2. The Kier molecular flexibility index (Phi) is 5.17. The van der Waals surface area contributed by atoms with E-state index >= 15 is 0 Å². The lowest BCUT2D eigenvalue weighted by Gasteiger charge is -2.22. The van der Waals surface area contributed by atoms with Crippen LogP contribution in [0.4, 0.5) is 0 Å². The Morgan fingerprint density at radius 3 is 1.94 bits per heavy atom. The predicted octanol–water partition coefficient (Wildman–Crippen LogP) is 12.6. The molecule has 3 nitrogen and oxygen atoms in total. The number of fused-ring (bicyclic) bond motifs is 14. The first-order valence-corrected chi connectivity index (χ1v) is 17.9. The minimum Gasteiger partial charge on any atom is -0.309 e. The van der Waals surface area contributed by atoms with Gasteiger partial charge in [0, 0.05) is 53.5 Å². The van der Waals surface area contributed by atoms with Gasteiger partial charge in [-0.1, -0.05) is 127 Å². The minimum atomic E-state index is 1.16. The van der Waals surface area contributed by atoms with Crippen molar-refractivity contribution in [3.05, 3.63) is 164 Å². The molecule has 11 aromatic rings. The van der Waals surface area contributed by atoms with Crippen LogP contribution in [0.3, 0.4) is 0 Å². The maximum atomic E-state index is 2.55. The third-order valence-corrected chi connectivity index (χ3v) is 11.9. The molecule has 1 aliphatic heterocycles. The van der Waals surface area contributed by atoms with Gasteiger partial charge in [-0.3, -0.25) is 9.13 Å². The van der Waals surface area contributed by atoms with Gasteiger partial charge in [-0.2, -0.15) is 0 Å². The summed E-state index contributed by atoms with van der Waals surface area (Å²) in [5.74, 6) is 0. The summed E-state index contributed by atoms with van der Waals surface area (Å²) in [6.07, 6.45) is 0. The van der Waals surface area contributed by atoms with Crippen LogP contribution in [0, 0.1) is 0 Å². The van der Waals surface area contributed by atoms with Crippen LogP contribution in [0.1, 0.15) is 0 Å². The summed E-state index contributed by atoms with van der Waals surface area (Å²) >= 11 is 1.88. The number of hydrogen-bond donors (Lipinski definition) is 0. The Morgan fingerprint density at radius 2 is 1.06 bits per heavy atom. The lowest BCUT2D eigenvalue weighted by molar-refractivity contribution is 1.02. The summed E-state index contributed by atoms with van der Waals surface area (Å²) in [6, 6.07) is 60.3. The molecule has 0 N–H and O–H groups in total. The lowest BCUT2D eigenvalue weighted by Crippen LogP contribution is -2.07. The number of rotatable bonds is 2. The fourth-order valence-electron chi connectivity index (χ4n) is 8.76. The molecule has 0 fully saturated rings. The van der Waals surface area contributed by atoms with Gasteiger partial charge >= 0.3 is 0 Å². The summed E-state index contributed by atoms with van der Waals surface area (Å²) in [5, 5.41) is 11.5. The van der Waals surface area contributed by atoms with Gasteiger partial charge in [-0.05, 0) is 64.7 Å². The van der Waals surface area contributed by atoms with E-state index in [1.165, 1.54) is 91.7 Å². The Labute approximate surface area is 291 Å². The van der Waals surface area contributed by atoms with E-state index in [-0.39, 0.29) is 0 Å². The SMILES string of the molecule is c1ccc(-n2c3ccccc3c3c4cccc5c4n(c32)-c2cc(-n3c4ccc6ccccc6c4c4ccc6ccccc6c43)ccc2S5)cc1. The van der Waals surface area contributed by atoms with Gasteiger partial charge in [-0.15, -0.1) is 0 Å². The normalized spacial score (nSPS) is 12.7. The Bertz CT molecular complexity index is 3230.